The molecular weight excluding hydrogens is 302 g/mol. The van der Waals surface area contributed by atoms with Crippen molar-refractivity contribution in [3.8, 4) is 0 Å². The summed E-state index contributed by atoms with van der Waals surface area (Å²) in [6.07, 6.45) is 0. The highest BCUT2D eigenvalue weighted by Gasteiger charge is 2.23. The van der Waals surface area contributed by atoms with Gasteiger partial charge in [0, 0.05) is 21.7 Å². The molecule has 0 amide bonds. The molecule has 3 aromatic rings. The summed E-state index contributed by atoms with van der Waals surface area (Å²) in [7, 11) is 0. The number of rotatable bonds is 2. The number of nitrogens with zero attached hydrogens (tertiary/aromatic N) is 1. The van der Waals surface area contributed by atoms with Crippen molar-refractivity contribution in [2.45, 2.75) is 6.92 Å². The molecule has 0 spiro atoms. The smallest absolute Gasteiger partial charge is 0.338 e. The van der Waals surface area contributed by atoms with Crippen LogP contribution >= 0.6 is 11.6 Å². The quantitative estimate of drug-likeness (QED) is 0.778. The minimum absolute atomic E-state index is 0.144. The maximum Gasteiger partial charge on any atom is 0.338 e. The maximum atomic E-state index is 12.8. The van der Waals surface area contributed by atoms with Crippen molar-refractivity contribution in [3.63, 3.8) is 0 Å². The predicted molar refractivity (Wildman–Crippen MR) is 84.8 cm³/mol. The van der Waals surface area contributed by atoms with E-state index in [1.807, 2.05) is 0 Å². The molecule has 0 fully saturated rings. The SMILES string of the molecule is Cc1c(C(=O)O)c2ccccc2n1C(=O)c1cccc(Cl)c1. The van der Waals surface area contributed by atoms with Gasteiger partial charge in [-0.2, -0.15) is 0 Å². The van der Waals surface area contributed by atoms with Crippen molar-refractivity contribution in [3.05, 3.63) is 70.4 Å². The van der Waals surface area contributed by atoms with Crippen LogP contribution in [0, 0.1) is 6.92 Å². The molecule has 4 nitrogen and oxygen atoms in total. The van der Waals surface area contributed by atoms with Crippen LogP contribution in [-0.2, 0) is 0 Å². The molecule has 0 atom stereocenters. The molecule has 1 aromatic heterocycles. The van der Waals surface area contributed by atoms with Gasteiger partial charge in [-0.15, -0.1) is 0 Å². The molecule has 5 heteroatoms. The molecule has 22 heavy (non-hydrogen) atoms. The Kier molecular flexibility index (Phi) is 3.47. The number of benzene rings is 2. The van der Waals surface area contributed by atoms with Gasteiger partial charge < -0.3 is 5.11 Å². The zero-order valence-corrected chi connectivity index (χ0v) is 12.5. The Hall–Kier alpha value is -2.59. The van der Waals surface area contributed by atoms with Crippen LogP contribution in [0.15, 0.2) is 48.5 Å². The Balaban J connectivity index is 2.29. The lowest BCUT2D eigenvalue weighted by Crippen LogP contribution is -2.14. The van der Waals surface area contributed by atoms with Crippen LogP contribution in [0.3, 0.4) is 0 Å². The number of halogens is 1. The van der Waals surface area contributed by atoms with Crippen molar-refractivity contribution >= 4 is 34.4 Å². The van der Waals surface area contributed by atoms with E-state index < -0.39 is 5.97 Å². The molecule has 0 aliphatic rings. The first-order valence-electron chi connectivity index (χ1n) is 6.64. The predicted octanol–water partition coefficient (Wildman–Crippen LogP) is 3.99. The second-order valence-corrected chi connectivity index (χ2v) is 5.37. The summed E-state index contributed by atoms with van der Waals surface area (Å²) in [5.74, 6) is -1.35. The number of hydrogen-bond acceptors (Lipinski definition) is 2. The lowest BCUT2D eigenvalue weighted by Gasteiger charge is -2.07. The molecule has 0 saturated carbocycles. The molecule has 0 unspecified atom stereocenters. The van der Waals surface area contributed by atoms with Gasteiger partial charge >= 0.3 is 5.97 Å². The third-order valence-corrected chi connectivity index (χ3v) is 3.84. The van der Waals surface area contributed by atoms with E-state index in [0.717, 1.165) is 0 Å². The third-order valence-electron chi connectivity index (χ3n) is 3.60. The van der Waals surface area contributed by atoms with E-state index in [-0.39, 0.29) is 11.5 Å². The van der Waals surface area contributed by atoms with Crippen molar-refractivity contribution < 1.29 is 14.7 Å². The Morgan fingerprint density at radius 1 is 1.09 bits per heavy atom. The normalized spacial score (nSPS) is 10.8. The van der Waals surface area contributed by atoms with E-state index in [2.05, 4.69) is 0 Å². The van der Waals surface area contributed by atoms with Crippen LogP contribution in [0.1, 0.15) is 26.4 Å². The van der Waals surface area contributed by atoms with Gasteiger partial charge in [-0.05, 0) is 31.2 Å². The van der Waals surface area contributed by atoms with Crippen LogP contribution in [0.25, 0.3) is 10.9 Å². The van der Waals surface area contributed by atoms with Crippen LogP contribution in [0.4, 0.5) is 0 Å². The zero-order valence-electron chi connectivity index (χ0n) is 11.7. The number of hydrogen-bond donors (Lipinski definition) is 1. The Morgan fingerprint density at radius 3 is 2.50 bits per heavy atom. The molecule has 0 aliphatic carbocycles. The minimum Gasteiger partial charge on any atom is -0.478 e. The molecule has 110 valence electrons. The topological polar surface area (TPSA) is 59.3 Å². The van der Waals surface area contributed by atoms with E-state index in [1.165, 1.54) is 4.57 Å². The molecular formula is C17H12ClNO3. The van der Waals surface area contributed by atoms with Crippen molar-refractivity contribution in [2.75, 3.05) is 0 Å². The summed E-state index contributed by atoms with van der Waals surface area (Å²) < 4.78 is 1.42. The molecule has 0 aliphatic heterocycles. The zero-order chi connectivity index (χ0) is 15.9. The van der Waals surface area contributed by atoms with E-state index in [9.17, 15) is 14.7 Å². The van der Waals surface area contributed by atoms with Gasteiger partial charge in [0.2, 0.25) is 0 Å². The highest BCUT2D eigenvalue weighted by Crippen LogP contribution is 2.27. The first kappa shape index (κ1) is 14.4. The minimum atomic E-state index is -1.05. The molecule has 1 N–H and O–H groups in total. The van der Waals surface area contributed by atoms with Crippen molar-refractivity contribution in [2.24, 2.45) is 0 Å². The average molecular weight is 314 g/mol. The first-order chi connectivity index (χ1) is 10.5. The number of para-hydroxylation sites is 1. The van der Waals surface area contributed by atoms with Gasteiger partial charge in [-0.25, -0.2) is 4.79 Å². The monoisotopic (exact) mass is 313 g/mol. The van der Waals surface area contributed by atoms with Gasteiger partial charge in [0.1, 0.15) is 0 Å². The summed E-state index contributed by atoms with van der Waals surface area (Å²) in [6.45, 7) is 1.63. The molecule has 3 rings (SSSR count). The van der Waals surface area contributed by atoms with Gasteiger partial charge in [0.25, 0.3) is 5.91 Å². The van der Waals surface area contributed by atoms with Gasteiger partial charge in [0.05, 0.1) is 11.1 Å². The van der Waals surface area contributed by atoms with Crippen LogP contribution in [0.2, 0.25) is 5.02 Å². The Bertz CT molecular complexity index is 911. The number of aromatic carboxylic acids is 1. The highest BCUT2D eigenvalue weighted by molar-refractivity contribution is 6.31. The average Bonchev–Trinajstić information content (AvgIpc) is 2.78. The molecule has 1 heterocycles. The Morgan fingerprint density at radius 2 is 1.82 bits per heavy atom. The highest BCUT2D eigenvalue weighted by atomic mass is 35.5. The second kappa shape index (κ2) is 5.31. The van der Waals surface area contributed by atoms with E-state index >= 15 is 0 Å². The van der Waals surface area contributed by atoms with Crippen molar-refractivity contribution in [1.29, 1.82) is 0 Å². The second-order valence-electron chi connectivity index (χ2n) is 4.93. The van der Waals surface area contributed by atoms with E-state index in [4.69, 9.17) is 11.6 Å². The number of aromatic nitrogens is 1. The van der Waals surface area contributed by atoms with E-state index in [0.29, 0.717) is 27.2 Å². The number of carbonyl (C=O) groups excluding carboxylic acids is 1. The number of carbonyl (C=O) groups is 2. The van der Waals surface area contributed by atoms with Crippen molar-refractivity contribution in [1.82, 2.24) is 4.57 Å². The number of carboxylic acids is 1. The molecule has 0 bridgehead atoms. The maximum absolute atomic E-state index is 12.8. The molecule has 0 saturated heterocycles. The van der Waals surface area contributed by atoms with Gasteiger partial charge in [0.15, 0.2) is 0 Å². The lowest BCUT2D eigenvalue weighted by atomic mass is 10.1. The molecule has 2 aromatic carbocycles. The van der Waals surface area contributed by atoms with E-state index in [1.54, 1.807) is 55.5 Å². The van der Waals surface area contributed by atoms with Crippen LogP contribution in [0.5, 0.6) is 0 Å². The fourth-order valence-corrected chi connectivity index (χ4v) is 2.84. The van der Waals surface area contributed by atoms with Crippen LogP contribution < -0.4 is 0 Å². The Labute approximate surface area is 131 Å². The van der Waals surface area contributed by atoms with Gasteiger partial charge in [-0.1, -0.05) is 35.9 Å². The summed E-state index contributed by atoms with van der Waals surface area (Å²) in [5, 5.41) is 10.4. The number of carboxylic acid groups (broad SMARTS) is 1. The lowest BCUT2D eigenvalue weighted by molar-refractivity contribution is 0.0698. The standard InChI is InChI=1S/C17H12ClNO3/c1-10-15(17(21)22)13-7-2-3-8-14(13)19(10)16(20)11-5-4-6-12(18)9-11/h2-9H,1H3,(H,21,22). The number of fused-ring (bicyclic) bond motifs is 1. The van der Waals surface area contributed by atoms with Gasteiger partial charge in [-0.3, -0.25) is 9.36 Å². The molecule has 0 radical (unpaired) electrons. The first-order valence-corrected chi connectivity index (χ1v) is 7.02. The summed E-state index contributed by atoms with van der Waals surface area (Å²) in [4.78, 5) is 24.3. The fourth-order valence-electron chi connectivity index (χ4n) is 2.65. The fraction of sp³-hybridized carbons (Fsp3) is 0.0588. The summed E-state index contributed by atoms with van der Waals surface area (Å²) in [6, 6.07) is 13.6. The third kappa shape index (κ3) is 2.18. The summed E-state index contributed by atoms with van der Waals surface area (Å²) in [5.41, 5.74) is 1.53. The van der Waals surface area contributed by atoms with Crippen LogP contribution in [-0.4, -0.2) is 21.6 Å². The summed E-state index contributed by atoms with van der Waals surface area (Å²) >= 11 is 5.93. The largest absolute Gasteiger partial charge is 0.478 e.